The molecule has 2 amide bonds. The van der Waals surface area contributed by atoms with Gasteiger partial charge in [0.2, 0.25) is 5.91 Å². The van der Waals surface area contributed by atoms with E-state index in [-0.39, 0.29) is 18.9 Å². The lowest BCUT2D eigenvalue weighted by Crippen LogP contribution is -2.28. The van der Waals surface area contributed by atoms with E-state index < -0.39 is 17.8 Å². The number of hydrogen-bond donors (Lipinski definition) is 1. The van der Waals surface area contributed by atoms with Gasteiger partial charge in [0.25, 0.3) is 5.91 Å². The van der Waals surface area contributed by atoms with Crippen LogP contribution in [0.15, 0.2) is 53.0 Å². The highest BCUT2D eigenvalue weighted by Crippen LogP contribution is 2.21. The summed E-state index contributed by atoms with van der Waals surface area (Å²) in [7, 11) is 0. The number of likely N-dealkylation sites (tertiary alicyclic amines) is 1. The highest BCUT2D eigenvalue weighted by atomic mass is 79.9. The molecule has 28 heavy (non-hydrogen) atoms. The topological polar surface area (TPSA) is 75.7 Å². The molecule has 1 saturated heterocycles. The third kappa shape index (κ3) is 5.42. The Hall–Kier alpha value is -2.67. The van der Waals surface area contributed by atoms with Gasteiger partial charge in [-0.25, -0.2) is 0 Å². The molecule has 1 unspecified atom stereocenters. The molecule has 0 aromatic heterocycles. The van der Waals surface area contributed by atoms with Crippen LogP contribution in [-0.2, 0) is 25.7 Å². The number of esters is 1. The van der Waals surface area contributed by atoms with Crippen LogP contribution in [0.1, 0.15) is 17.5 Å². The molecule has 2 aromatic carbocycles. The van der Waals surface area contributed by atoms with Gasteiger partial charge in [0, 0.05) is 29.7 Å². The van der Waals surface area contributed by atoms with Crippen molar-refractivity contribution in [3.63, 3.8) is 0 Å². The Balaban J connectivity index is 1.46. The van der Waals surface area contributed by atoms with E-state index in [1.165, 1.54) is 0 Å². The van der Waals surface area contributed by atoms with Crippen LogP contribution in [0.3, 0.4) is 0 Å². The fourth-order valence-corrected chi connectivity index (χ4v) is 3.25. The second-order valence-electron chi connectivity index (χ2n) is 6.82. The van der Waals surface area contributed by atoms with Gasteiger partial charge in [0.15, 0.2) is 6.61 Å². The second-order valence-corrected chi connectivity index (χ2v) is 7.74. The van der Waals surface area contributed by atoms with E-state index in [1.54, 1.807) is 29.2 Å². The molecule has 1 aliphatic heterocycles. The Kier molecular flexibility index (Phi) is 6.46. The molecule has 0 saturated carbocycles. The van der Waals surface area contributed by atoms with Gasteiger partial charge in [0.05, 0.1) is 5.92 Å². The minimum atomic E-state index is -0.543. The van der Waals surface area contributed by atoms with E-state index in [0.717, 1.165) is 15.6 Å². The lowest BCUT2D eigenvalue weighted by atomic mass is 10.1. The summed E-state index contributed by atoms with van der Waals surface area (Å²) in [6.45, 7) is 2.40. The minimum Gasteiger partial charge on any atom is -0.455 e. The van der Waals surface area contributed by atoms with Crippen LogP contribution in [0.2, 0.25) is 0 Å². The standard InChI is InChI=1S/C21H21BrN2O4/c1-14-2-4-15(5-3-14)11-24-12-16(10-20(24)26)21(27)28-13-19(25)23-18-8-6-17(22)7-9-18/h2-9,16H,10-13H2,1H3,(H,23,25). The van der Waals surface area contributed by atoms with Gasteiger partial charge in [-0.05, 0) is 36.8 Å². The lowest BCUT2D eigenvalue weighted by molar-refractivity contribution is -0.151. The number of carbonyl (C=O) groups is 3. The Morgan fingerprint density at radius 1 is 1.14 bits per heavy atom. The van der Waals surface area contributed by atoms with Crippen LogP contribution in [0.25, 0.3) is 0 Å². The van der Waals surface area contributed by atoms with Crippen molar-refractivity contribution in [2.45, 2.75) is 19.9 Å². The zero-order chi connectivity index (χ0) is 20.1. The van der Waals surface area contributed by atoms with Crippen LogP contribution < -0.4 is 5.32 Å². The van der Waals surface area contributed by atoms with Crippen molar-refractivity contribution in [3.05, 3.63) is 64.1 Å². The van der Waals surface area contributed by atoms with Crippen molar-refractivity contribution in [1.82, 2.24) is 4.90 Å². The SMILES string of the molecule is Cc1ccc(CN2CC(C(=O)OCC(=O)Nc3ccc(Br)cc3)CC2=O)cc1. The van der Waals surface area contributed by atoms with Crippen molar-refractivity contribution in [1.29, 1.82) is 0 Å². The number of amides is 2. The number of benzene rings is 2. The molecule has 6 nitrogen and oxygen atoms in total. The predicted octanol–water partition coefficient (Wildman–Crippen LogP) is 3.29. The maximum Gasteiger partial charge on any atom is 0.311 e. The molecule has 0 spiro atoms. The zero-order valence-corrected chi connectivity index (χ0v) is 17.1. The van der Waals surface area contributed by atoms with Gasteiger partial charge in [-0.2, -0.15) is 0 Å². The first-order chi connectivity index (χ1) is 13.4. The number of anilines is 1. The summed E-state index contributed by atoms with van der Waals surface area (Å²) >= 11 is 3.32. The third-order valence-electron chi connectivity index (χ3n) is 4.52. The summed E-state index contributed by atoms with van der Waals surface area (Å²) in [5, 5.41) is 2.66. The number of nitrogens with zero attached hydrogens (tertiary/aromatic N) is 1. The summed E-state index contributed by atoms with van der Waals surface area (Å²) < 4.78 is 6.01. The molecule has 1 atom stereocenters. The van der Waals surface area contributed by atoms with Crippen LogP contribution in [0.4, 0.5) is 5.69 Å². The highest BCUT2D eigenvalue weighted by Gasteiger charge is 2.35. The van der Waals surface area contributed by atoms with Crippen molar-refractivity contribution in [3.8, 4) is 0 Å². The first-order valence-electron chi connectivity index (χ1n) is 8.96. The maximum atomic E-state index is 12.2. The first-order valence-corrected chi connectivity index (χ1v) is 9.75. The van der Waals surface area contributed by atoms with E-state index >= 15 is 0 Å². The lowest BCUT2D eigenvalue weighted by Gasteiger charge is -2.16. The van der Waals surface area contributed by atoms with Gasteiger partial charge in [-0.1, -0.05) is 45.8 Å². The summed E-state index contributed by atoms with van der Waals surface area (Å²) in [4.78, 5) is 38.0. The summed E-state index contributed by atoms with van der Waals surface area (Å²) in [6.07, 6.45) is 0.110. The average molecular weight is 445 g/mol. The number of carbonyl (C=O) groups excluding carboxylic acids is 3. The van der Waals surface area contributed by atoms with Crippen molar-refractivity contribution in [2.75, 3.05) is 18.5 Å². The molecule has 1 heterocycles. The summed E-state index contributed by atoms with van der Waals surface area (Å²) in [6, 6.07) is 15.0. The number of nitrogens with one attached hydrogen (secondary N) is 1. The quantitative estimate of drug-likeness (QED) is 0.693. The Bertz CT molecular complexity index is 865. The molecule has 1 N–H and O–H groups in total. The van der Waals surface area contributed by atoms with Crippen LogP contribution in [-0.4, -0.2) is 35.8 Å². The minimum absolute atomic E-state index is 0.0816. The van der Waals surface area contributed by atoms with E-state index in [4.69, 9.17) is 4.74 Å². The van der Waals surface area contributed by atoms with Gasteiger partial charge in [-0.3, -0.25) is 14.4 Å². The number of halogens is 1. The number of aryl methyl sites for hydroxylation is 1. The molecule has 0 bridgehead atoms. The Morgan fingerprint density at radius 2 is 1.82 bits per heavy atom. The molecule has 3 rings (SSSR count). The molecule has 2 aromatic rings. The van der Waals surface area contributed by atoms with Gasteiger partial charge >= 0.3 is 5.97 Å². The maximum absolute atomic E-state index is 12.2. The molecule has 7 heteroatoms. The first kappa shape index (κ1) is 20.1. The molecule has 1 fully saturated rings. The normalized spacial score (nSPS) is 16.1. The van der Waals surface area contributed by atoms with E-state index in [1.807, 2.05) is 31.2 Å². The van der Waals surface area contributed by atoms with E-state index in [0.29, 0.717) is 18.8 Å². The Labute approximate surface area is 172 Å². The fraction of sp³-hybridized carbons (Fsp3) is 0.286. The smallest absolute Gasteiger partial charge is 0.311 e. The summed E-state index contributed by atoms with van der Waals surface area (Å²) in [5.74, 6) is -1.57. The van der Waals surface area contributed by atoms with Gasteiger partial charge < -0.3 is 15.0 Å². The Morgan fingerprint density at radius 3 is 2.50 bits per heavy atom. The van der Waals surface area contributed by atoms with Crippen LogP contribution in [0.5, 0.6) is 0 Å². The average Bonchev–Trinajstić information content (AvgIpc) is 3.04. The largest absolute Gasteiger partial charge is 0.455 e. The number of rotatable bonds is 6. The number of hydrogen-bond acceptors (Lipinski definition) is 4. The molecule has 0 aliphatic carbocycles. The predicted molar refractivity (Wildman–Crippen MR) is 108 cm³/mol. The van der Waals surface area contributed by atoms with E-state index in [2.05, 4.69) is 21.2 Å². The second kappa shape index (κ2) is 9.01. The third-order valence-corrected chi connectivity index (χ3v) is 5.04. The molecule has 146 valence electrons. The molecule has 1 aliphatic rings. The van der Waals surface area contributed by atoms with Gasteiger partial charge in [-0.15, -0.1) is 0 Å². The fourth-order valence-electron chi connectivity index (χ4n) is 2.98. The van der Waals surface area contributed by atoms with Crippen molar-refractivity contribution < 1.29 is 19.1 Å². The van der Waals surface area contributed by atoms with Crippen LogP contribution >= 0.6 is 15.9 Å². The van der Waals surface area contributed by atoms with Crippen molar-refractivity contribution in [2.24, 2.45) is 5.92 Å². The van der Waals surface area contributed by atoms with E-state index in [9.17, 15) is 14.4 Å². The molecule has 0 radical (unpaired) electrons. The number of ether oxygens (including phenoxy) is 1. The van der Waals surface area contributed by atoms with Crippen LogP contribution in [0, 0.1) is 12.8 Å². The molecular weight excluding hydrogens is 424 g/mol. The van der Waals surface area contributed by atoms with Crippen molar-refractivity contribution >= 4 is 39.4 Å². The molecular formula is C21H21BrN2O4. The summed E-state index contributed by atoms with van der Waals surface area (Å²) in [5.41, 5.74) is 2.78. The zero-order valence-electron chi connectivity index (χ0n) is 15.5. The monoisotopic (exact) mass is 444 g/mol. The van der Waals surface area contributed by atoms with Gasteiger partial charge in [0.1, 0.15) is 0 Å². The highest BCUT2D eigenvalue weighted by molar-refractivity contribution is 9.10.